The molecule has 19 heavy (non-hydrogen) atoms. The standard InChI is InChI=1S/C15H19ClN2S/c1-11(17-2)14-5-4-13(8-15(14)16)18(3)9-12-6-7-19-10-12/h4-8,10-11,17H,9H2,1-3H3. The van der Waals surface area contributed by atoms with E-state index in [0.717, 1.165) is 22.8 Å². The van der Waals surface area contributed by atoms with Gasteiger partial charge in [-0.05, 0) is 54.1 Å². The minimum Gasteiger partial charge on any atom is -0.370 e. The molecular weight excluding hydrogens is 276 g/mol. The third kappa shape index (κ3) is 3.50. The van der Waals surface area contributed by atoms with E-state index in [1.165, 1.54) is 5.56 Å². The van der Waals surface area contributed by atoms with E-state index in [1.807, 2.05) is 13.1 Å². The van der Waals surface area contributed by atoms with Crippen LogP contribution in [0.2, 0.25) is 5.02 Å². The van der Waals surface area contributed by atoms with Crippen molar-refractivity contribution < 1.29 is 0 Å². The molecule has 1 aromatic carbocycles. The molecule has 0 fully saturated rings. The van der Waals surface area contributed by atoms with E-state index in [9.17, 15) is 0 Å². The summed E-state index contributed by atoms with van der Waals surface area (Å²) in [5.41, 5.74) is 3.61. The summed E-state index contributed by atoms with van der Waals surface area (Å²) in [6.45, 7) is 3.01. The van der Waals surface area contributed by atoms with Gasteiger partial charge in [0.1, 0.15) is 0 Å². The number of hydrogen-bond donors (Lipinski definition) is 1. The summed E-state index contributed by atoms with van der Waals surface area (Å²) >= 11 is 8.09. The van der Waals surface area contributed by atoms with Crippen LogP contribution >= 0.6 is 22.9 Å². The van der Waals surface area contributed by atoms with Crippen LogP contribution in [-0.2, 0) is 6.54 Å². The van der Waals surface area contributed by atoms with Gasteiger partial charge in [0.2, 0.25) is 0 Å². The first kappa shape index (κ1) is 14.4. The van der Waals surface area contributed by atoms with Crippen LogP contribution in [0.1, 0.15) is 24.1 Å². The maximum absolute atomic E-state index is 6.36. The van der Waals surface area contributed by atoms with Gasteiger partial charge in [0.25, 0.3) is 0 Å². The van der Waals surface area contributed by atoms with Gasteiger partial charge < -0.3 is 10.2 Å². The second-order valence-corrected chi connectivity index (χ2v) is 5.89. The maximum Gasteiger partial charge on any atom is 0.0474 e. The molecule has 0 bridgehead atoms. The predicted molar refractivity (Wildman–Crippen MR) is 85.4 cm³/mol. The monoisotopic (exact) mass is 294 g/mol. The van der Waals surface area contributed by atoms with E-state index in [4.69, 9.17) is 11.6 Å². The molecule has 102 valence electrons. The number of rotatable bonds is 5. The lowest BCUT2D eigenvalue weighted by atomic mass is 10.1. The van der Waals surface area contributed by atoms with Gasteiger partial charge in [0.15, 0.2) is 0 Å². The fourth-order valence-corrected chi connectivity index (χ4v) is 3.01. The van der Waals surface area contributed by atoms with Crippen LogP contribution in [0.15, 0.2) is 35.0 Å². The Hall–Kier alpha value is -1.03. The molecule has 0 aliphatic rings. The molecule has 0 spiro atoms. The lowest BCUT2D eigenvalue weighted by Crippen LogP contribution is -2.17. The minimum atomic E-state index is 0.267. The van der Waals surface area contributed by atoms with E-state index in [-0.39, 0.29) is 6.04 Å². The van der Waals surface area contributed by atoms with Gasteiger partial charge in [-0.25, -0.2) is 0 Å². The minimum absolute atomic E-state index is 0.267. The third-order valence-electron chi connectivity index (χ3n) is 3.32. The van der Waals surface area contributed by atoms with E-state index in [1.54, 1.807) is 11.3 Å². The lowest BCUT2D eigenvalue weighted by Gasteiger charge is -2.21. The summed E-state index contributed by atoms with van der Waals surface area (Å²) in [5.74, 6) is 0. The molecule has 1 N–H and O–H groups in total. The summed E-state index contributed by atoms with van der Waals surface area (Å²) in [6.07, 6.45) is 0. The van der Waals surface area contributed by atoms with Crippen molar-refractivity contribution >= 4 is 28.6 Å². The molecule has 1 aromatic heterocycles. The molecule has 0 saturated heterocycles. The Labute approximate surface area is 124 Å². The topological polar surface area (TPSA) is 15.3 Å². The van der Waals surface area contributed by atoms with E-state index < -0.39 is 0 Å². The van der Waals surface area contributed by atoms with Crippen LogP contribution in [0.4, 0.5) is 5.69 Å². The van der Waals surface area contributed by atoms with Crippen LogP contribution < -0.4 is 10.2 Å². The molecule has 0 amide bonds. The molecule has 0 aliphatic carbocycles. The molecule has 1 heterocycles. The summed E-state index contributed by atoms with van der Waals surface area (Å²) in [7, 11) is 4.03. The van der Waals surface area contributed by atoms with Gasteiger partial charge >= 0.3 is 0 Å². The van der Waals surface area contributed by atoms with Gasteiger partial charge in [-0.3, -0.25) is 0 Å². The van der Waals surface area contributed by atoms with E-state index >= 15 is 0 Å². The Morgan fingerprint density at radius 3 is 2.74 bits per heavy atom. The van der Waals surface area contributed by atoms with Crippen LogP contribution in [-0.4, -0.2) is 14.1 Å². The fraction of sp³-hybridized carbons (Fsp3) is 0.333. The zero-order chi connectivity index (χ0) is 13.8. The number of thiophene rings is 1. The number of halogens is 1. The number of nitrogens with zero attached hydrogens (tertiary/aromatic N) is 1. The zero-order valence-electron chi connectivity index (χ0n) is 11.5. The Bertz CT molecular complexity index is 525. The van der Waals surface area contributed by atoms with Crippen molar-refractivity contribution in [3.8, 4) is 0 Å². The second-order valence-electron chi connectivity index (χ2n) is 4.70. The summed E-state index contributed by atoms with van der Waals surface area (Å²) < 4.78 is 0. The number of benzene rings is 1. The molecule has 0 radical (unpaired) electrons. The van der Waals surface area contributed by atoms with Crippen molar-refractivity contribution in [2.24, 2.45) is 0 Å². The van der Waals surface area contributed by atoms with Crippen LogP contribution in [0, 0.1) is 0 Å². The van der Waals surface area contributed by atoms with Gasteiger partial charge in [0.05, 0.1) is 0 Å². The van der Waals surface area contributed by atoms with Crippen molar-refractivity contribution in [2.45, 2.75) is 19.5 Å². The quantitative estimate of drug-likeness (QED) is 0.883. The molecule has 4 heteroatoms. The first-order valence-electron chi connectivity index (χ1n) is 6.30. The highest BCUT2D eigenvalue weighted by atomic mass is 35.5. The highest BCUT2D eigenvalue weighted by Gasteiger charge is 2.10. The zero-order valence-corrected chi connectivity index (χ0v) is 13.1. The lowest BCUT2D eigenvalue weighted by molar-refractivity contribution is 0.652. The Balaban J connectivity index is 2.15. The van der Waals surface area contributed by atoms with E-state index in [0.29, 0.717) is 0 Å². The number of nitrogens with one attached hydrogen (secondary N) is 1. The van der Waals surface area contributed by atoms with Crippen molar-refractivity contribution in [2.75, 3.05) is 19.0 Å². The van der Waals surface area contributed by atoms with Crippen molar-refractivity contribution in [3.63, 3.8) is 0 Å². The first-order valence-corrected chi connectivity index (χ1v) is 7.63. The number of anilines is 1. The number of hydrogen-bond acceptors (Lipinski definition) is 3. The smallest absolute Gasteiger partial charge is 0.0474 e. The molecule has 2 nitrogen and oxygen atoms in total. The van der Waals surface area contributed by atoms with Gasteiger partial charge in [-0.1, -0.05) is 17.7 Å². The van der Waals surface area contributed by atoms with Crippen LogP contribution in [0.3, 0.4) is 0 Å². The summed E-state index contributed by atoms with van der Waals surface area (Å²) in [5, 5.41) is 8.31. The molecule has 2 aromatic rings. The summed E-state index contributed by atoms with van der Waals surface area (Å²) in [6, 6.07) is 8.69. The molecule has 0 saturated carbocycles. The molecule has 1 unspecified atom stereocenters. The van der Waals surface area contributed by atoms with Crippen LogP contribution in [0.25, 0.3) is 0 Å². The Kier molecular flexibility index (Phi) is 4.86. The van der Waals surface area contributed by atoms with Crippen molar-refractivity contribution in [1.82, 2.24) is 5.32 Å². The Morgan fingerprint density at radius 2 is 2.16 bits per heavy atom. The van der Waals surface area contributed by atoms with Crippen molar-refractivity contribution in [3.05, 3.63) is 51.2 Å². The molecule has 0 aliphatic heterocycles. The largest absolute Gasteiger partial charge is 0.370 e. The van der Waals surface area contributed by atoms with Gasteiger partial charge in [0, 0.05) is 30.3 Å². The summed E-state index contributed by atoms with van der Waals surface area (Å²) in [4.78, 5) is 2.21. The molecular formula is C15H19ClN2S. The fourth-order valence-electron chi connectivity index (χ4n) is 2.01. The van der Waals surface area contributed by atoms with Crippen molar-refractivity contribution in [1.29, 1.82) is 0 Å². The highest BCUT2D eigenvalue weighted by molar-refractivity contribution is 7.07. The average Bonchev–Trinajstić information content (AvgIpc) is 2.90. The predicted octanol–water partition coefficient (Wildman–Crippen LogP) is 4.32. The van der Waals surface area contributed by atoms with Gasteiger partial charge in [-0.15, -0.1) is 0 Å². The van der Waals surface area contributed by atoms with E-state index in [2.05, 4.69) is 53.1 Å². The first-order chi connectivity index (χ1) is 9.11. The average molecular weight is 295 g/mol. The maximum atomic E-state index is 6.36. The second kappa shape index (κ2) is 6.42. The Morgan fingerprint density at radius 1 is 1.37 bits per heavy atom. The molecule has 1 atom stereocenters. The van der Waals surface area contributed by atoms with Gasteiger partial charge in [-0.2, -0.15) is 11.3 Å². The SMILES string of the molecule is CNC(C)c1ccc(N(C)Cc2ccsc2)cc1Cl. The van der Waals surface area contributed by atoms with Crippen LogP contribution in [0.5, 0.6) is 0 Å². The highest BCUT2D eigenvalue weighted by Crippen LogP contribution is 2.28. The normalized spacial score (nSPS) is 12.4. The molecule has 2 rings (SSSR count). The third-order valence-corrected chi connectivity index (χ3v) is 4.38.